The van der Waals surface area contributed by atoms with E-state index in [1.54, 1.807) is 84.4 Å². The van der Waals surface area contributed by atoms with Crippen LogP contribution >= 0.6 is 0 Å². The molecule has 2 aromatic heterocycles. The standard InChI is InChI=1S/C37H54F2N6O7/c1-21(2)31(46)42-29-25-10-13-45(30(25)41-20-40-29)26-16-24(27(50-32(47)22(3)4)28(26)51-33(48)23(5)6)17-44-19-37(38,39)18-36(44)11-14-43(15-12-36)34(49)52-35(7,8)9/h10,13,20-24,26-28H,11-12,14-19H2,1-9H3,(H,40,41,42,46)/t24?,26-,27-,28+/m1/s1. The second-order valence-electron chi connectivity index (χ2n) is 16.6. The predicted octanol–water partition coefficient (Wildman–Crippen LogP) is 5.83. The molecule has 288 valence electrons. The average Bonchev–Trinajstić information content (AvgIpc) is 3.68. The monoisotopic (exact) mass is 732 g/mol. The second kappa shape index (κ2) is 14.9. The van der Waals surface area contributed by atoms with Gasteiger partial charge in [-0.2, -0.15) is 0 Å². The molecule has 4 atom stereocenters. The Kier molecular flexibility index (Phi) is 11.2. The summed E-state index contributed by atoms with van der Waals surface area (Å²) in [6, 6.07) is 1.18. The molecule has 2 aromatic rings. The number of piperidine rings is 1. The van der Waals surface area contributed by atoms with Crippen molar-refractivity contribution in [2.24, 2.45) is 23.7 Å². The van der Waals surface area contributed by atoms with E-state index in [0.29, 0.717) is 36.1 Å². The molecule has 3 fully saturated rings. The number of carbonyl (C=O) groups is 4. The van der Waals surface area contributed by atoms with Gasteiger partial charge in [0, 0.05) is 49.6 Å². The van der Waals surface area contributed by atoms with Gasteiger partial charge in [-0.05, 0) is 46.1 Å². The number of rotatable bonds is 9. The number of anilines is 1. The highest BCUT2D eigenvalue weighted by Crippen LogP contribution is 2.49. The van der Waals surface area contributed by atoms with Crippen molar-refractivity contribution in [1.82, 2.24) is 24.3 Å². The van der Waals surface area contributed by atoms with Crippen LogP contribution in [0.15, 0.2) is 18.6 Å². The van der Waals surface area contributed by atoms with Gasteiger partial charge in [-0.15, -0.1) is 0 Å². The van der Waals surface area contributed by atoms with Crippen LogP contribution in [0.5, 0.6) is 0 Å². The van der Waals surface area contributed by atoms with E-state index in [2.05, 4.69) is 15.3 Å². The Morgan fingerprint density at radius 3 is 2.13 bits per heavy atom. The maximum absolute atomic E-state index is 15.4. The number of nitrogens with zero attached hydrogens (tertiary/aromatic N) is 5. The van der Waals surface area contributed by atoms with Gasteiger partial charge in [0.15, 0.2) is 6.10 Å². The molecular weight excluding hydrogens is 678 g/mol. The largest absolute Gasteiger partial charge is 0.458 e. The Labute approximate surface area is 304 Å². The first kappa shape index (κ1) is 39.3. The number of alkyl halides is 2. The number of hydrogen-bond acceptors (Lipinski definition) is 10. The molecule has 3 aliphatic rings. The third-order valence-electron chi connectivity index (χ3n) is 10.3. The van der Waals surface area contributed by atoms with Crippen LogP contribution in [0.25, 0.3) is 11.0 Å². The Morgan fingerprint density at radius 2 is 1.56 bits per heavy atom. The van der Waals surface area contributed by atoms with Crippen molar-refractivity contribution in [2.45, 2.75) is 123 Å². The lowest BCUT2D eigenvalue weighted by Crippen LogP contribution is -2.55. The molecule has 1 unspecified atom stereocenters. The molecule has 1 saturated carbocycles. The molecule has 2 saturated heterocycles. The van der Waals surface area contributed by atoms with Crippen molar-refractivity contribution in [3.05, 3.63) is 18.6 Å². The zero-order valence-electron chi connectivity index (χ0n) is 31.8. The Hall–Kier alpha value is -3.88. The predicted molar refractivity (Wildman–Crippen MR) is 188 cm³/mol. The molecule has 1 aliphatic carbocycles. The first-order valence-electron chi connectivity index (χ1n) is 18.3. The number of aromatic nitrogens is 3. The molecule has 1 N–H and O–H groups in total. The van der Waals surface area contributed by atoms with Gasteiger partial charge in [-0.25, -0.2) is 23.5 Å². The number of ether oxygens (including phenoxy) is 3. The van der Waals surface area contributed by atoms with Gasteiger partial charge in [0.1, 0.15) is 29.5 Å². The summed E-state index contributed by atoms with van der Waals surface area (Å²) >= 11 is 0. The summed E-state index contributed by atoms with van der Waals surface area (Å²) in [4.78, 5) is 64.1. The van der Waals surface area contributed by atoms with E-state index in [1.165, 1.54) is 6.33 Å². The molecule has 0 bridgehead atoms. The number of hydrogen-bond donors (Lipinski definition) is 1. The van der Waals surface area contributed by atoms with Crippen molar-refractivity contribution in [3.63, 3.8) is 0 Å². The highest BCUT2D eigenvalue weighted by Gasteiger charge is 2.58. The fourth-order valence-electron chi connectivity index (χ4n) is 7.53. The zero-order valence-corrected chi connectivity index (χ0v) is 31.8. The van der Waals surface area contributed by atoms with Crippen LogP contribution in [0.3, 0.4) is 0 Å². The second-order valence-corrected chi connectivity index (χ2v) is 16.6. The zero-order chi connectivity index (χ0) is 38.3. The van der Waals surface area contributed by atoms with Gasteiger partial charge in [-0.3, -0.25) is 19.3 Å². The Bertz CT molecular complexity index is 1650. The normalized spacial score (nSPS) is 24.6. The summed E-state index contributed by atoms with van der Waals surface area (Å²) in [5.41, 5.74) is -1.11. The van der Waals surface area contributed by atoms with Crippen molar-refractivity contribution in [1.29, 1.82) is 0 Å². The maximum Gasteiger partial charge on any atom is 0.410 e. The molecule has 15 heteroatoms. The van der Waals surface area contributed by atoms with E-state index >= 15 is 8.78 Å². The number of esters is 2. The number of fused-ring (bicyclic) bond motifs is 1. The molecule has 5 rings (SSSR count). The summed E-state index contributed by atoms with van der Waals surface area (Å²) in [6.07, 6.45) is 1.33. The smallest absolute Gasteiger partial charge is 0.410 e. The van der Waals surface area contributed by atoms with Crippen molar-refractivity contribution in [2.75, 3.05) is 31.5 Å². The maximum atomic E-state index is 15.4. The van der Waals surface area contributed by atoms with Crippen LogP contribution in [0, 0.1) is 23.7 Å². The molecule has 2 amide bonds. The minimum absolute atomic E-state index is 0.147. The fraction of sp³-hybridized carbons (Fsp3) is 0.730. The van der Waals surface area contributed by atoms with E-state index < -0.39 is 77.6 Å². The van der Waals surface area contributed by atoms with Crippen LogP contribution in [0.2, 0.25) is 0 Å². The summed E-state index contributed by atoms with van der Waals surface area (Å²) < 4.78 is 50.6. The summed E-state index contributed by atoms with van der Waals surface area (Å²) in [5.74, 6) is -5.61. The Morgan fingerprint density at radius 1 is 0.942 bits per heavy atom. The SMILES string of the molecule is CC(C)C(=O)Nc1ncnc2c1ccn2[C@@H]1CC(CN2CC(F)(F)CC23CCN(C(=O)OC(C)(C)C)CC3)[C@@H](OC(=O)C(C)C)[C@H]1OC(=O)C(C)C. The van der Waals surface area contributed by atoms with Crippen molar-refractivity contribution in [3.8, 4) is 0 Å². The van der Waals surface area contributed by atoms with Crippen LogP contribution in [-0.2, 0) is 28.6 Å². The fourth-order valence-corrected chi connectivity index (χ4v) is 7.53. The van der Waals surface area contributed by atoms with E-state index in [-0.39, 0.29) is 37.9 Å². The third-order valence-corrected chi connectivity index (χ3v) is 10.3. The van der Waals surface area contributed by atoms with Gasteiger partial charge in [-0.1, -0.05) is 41.5 Å². The van der Waals surface area contributed by atoms with Crippen molar-refractivity contribution >= 4 is 40.8 Å². The van der Waals surface area contributed by atoms with Gasteiger partial charge in [0.2, 0.25) is 5.91 Å². The number of nitrogens with one attached hydrogen (secondary N) is 1. The molecule has 2 aliphatic heterocycles. The van der Waals surface area contributed by atoms with Crippen LogP contribution in [0.4, 0.5) is 19.4 Å². The molecule has 1 spiro atoms. The molecule has 0 radical (unpaired) electrons. The molecule has 0 aromatic carbocycles. The topological polar surface area (TPSA) is 145 Å². The van der Waals surface area contributed by atoms with Gasteiger partial charge < -0.3 is 29.0 Å². The molecule has 4 heterocycles. The van der Waals surface area contributed by atoms with Gasteiger partial charge in [0.05, 0.1) is 29.8 Å². The van der Waals surface area contributed by atoms with E-state index in [9.17, 15) is 19.2 Å². The first-order chi connectivity index (χ1) is 24.2. The minimum Gasteiger partial charge on any atom is -0.458 e. The minimum atomic E-state index is -2.97. The molecule has 13 nitrogen and oxygen atoms in total. The third kappa shape index (κ3) is 8.50. The lowest BCUT2D eigenvalue weighted by Gasteiger charge is -2.45. The summed E-state index contributed by atoms with van der Waals surface area (Å²) in [5, 5.41) is 3.41. The lowest BCUT2D eigenvalue weighted by molar-refractivity contribution is -0.174. The first-order valence-corrected chi connectivity index (χ1v) is 18.3. The molecular formula is C37H54F2N6O7. The van der Waals surface area contributed by atoms with Crippen LogP contribution in [-0.4, -0.2) is 104 Å². The van der Waals surface area contributed by atoms with Crippen LogP contribution in [0.1, 0.15) is 94.0 Å². The molecule has 52 heavy (non-hydrogen) atoms. The van der Waals surface area contributed by atoms with Gasteiger partial charge >= 0.3 is 18.0 Å². The van der Waals surface area contributed by atoms with E-state index in [4.69, 9.17) is 14.2 Å². The highest BCUT2D eigenvalue weighted by molar-refractivity contribution is 5.99. The van der Waals surface area contributed by atoms with Crippen molar-refractivity contribution < 1.29 is 42.2 Å². The highest BCUT2D eigenvalue weighted by atomic mass is 19.3. The Balaban J connectivity index is 1.50. The summed E-state index contributed by atoms with van der Waals surface area (Å²) in [6.45, 7) is 15.9. The van der Waals surface area contributed by atoms with Crippen LogP contribution < -0.4 is 5.32 Å². The number of amides is 2. The average molecular weight is 733 g/mol. The van der Waals surface area contributed by atoms with E-state index in [1.807, 2.05) is 4.57 Å². The number of halogens is 2. The quantitative estimate of drug-likeness (QED) is 0.247. The number of likely N-dealkylation sites (tertiary alicyclic amines) is 2. The lowest BCUT2D eigenvalue weighted by atomic mass is 9.83. The van der Waals surface area contributed by atoms with E-state index in [0.717, 1.165) is 0 Å². The summed E-state index contributed by atoms with van der Waals surface area (Å²) in [7, 11) is 0. The number of carbonyl (C=O) groups excluding carboxylic acids is 4. The van der Waals surface area contributed by atoms with Gasteiger partial charge in [0.25, 0.3) is 5.92 Å².